The first kappa shape index (κ1) is 16.4. The van der Waals surface area contributed by atoms with Gasteiger partial charge < -0.3 is 5.11 Å². The standard InChI is InChI=1S/C11H6Cl3NO4S2/c12-5-3-6(13)10(7(14)4-5)21(18,19)15-8-1-2-20-9(8)11(16)17/h1-4,15H,(H,16,17). The van der Waals surface area contributed by atoms with Crippen molar-refractivity contribution in [1.82, 2.24) is 0 Å². The van der Waals surface area contributed by atoms with E-state index in [-0.39, 0.29) is 30.5 Å². The maximum atomic E-state index is 12.3. The van der Waals surface area contributed by atoms with Crippen molar-refractivity contribution in [2.45, 2.75) is 4.90 Å². The number of carboxylic acids is 1. The van der Waals surface area contributed by atoms with Crippen LogP contribution in [-0.4, -0.2) is 19.5 Å². The largest absolute Gasteiger partial charge is 0.477 e. The number of nitrogens with one attached hydrogen (secondary N) is 1. The minimum absolute atomic E-state index is 0.0606. The van der Waals surface area contributed by atoms with E-state index in [9.17, 15) is 13.2 Å². The summed E-state index contributed by atoms with van der Waals surface area (Å²) < 4.78 is 26.8. The van der Waals surface area contributed by atoms with Crippen molar-refractivity contribution in [1.29, 1.82) is 0 Å². The molecule has 21 heavy (non-hydrogen) atoms. The molecule has 1 aromatic carbocycles. The van der Waals surface area contributed by atoms with Crippen LogP contribution in [0.1, 0.15) is 9.67 Å². The van der Waals surface area contributed by atoms with Crippen LogP contribution in [0.15, 0.2) is 28.5 Å². The Bertz CT molecular complexity index is 794. The molecule has 0 aliphatic rings. The maximum absolute atomic E-state index is 12.3. The predicted molar refractivity (Wildman–Crippen MR) is 83.6 cm³/mol. The fraction of sp³-hybridized carbons (Fsp3) is 0. The molecule has 1 heterocycles. The Morgan fingerprint density at radius 2 is 1.76 bits per heavy atom. The molecular weight excluding hydrogens is 381 g/mol. The molecule has 0 unspecified atom stereocenters. The third kappa shape index (κ3) is 3.44. The molecule has 0 saturated carbocycles. The van der Waals surface area contributed by atoms with Crippen LogP contribution in [0.4, 0.5) is 5.69 Å². The molecular formula is C11H6Cl3NO4S2. The van der Waals surface area contributed by atoms with Crippen LogP contribution in [0.25, 0.3) is 0 Å². The summed E-state index contributed by atoms with van der Waals surface area (Å²) in [6.07, 6.45) is 0. The van der Waals surface area contributed by atoms with Crippen LogP contribution in [0, 0.1) is 0 Å². The summed E-state index contributed by atoms with van der Waals surface area (Å²) in [7, 11) is -4.15. The Kier molecular flexibility index (Phi) is 4.69. The number of anilines is 1. The van der Waals surface area contributed by atoms with E-state index in [1.165, 1.54) is 23.6 Å². The first-order chi connectivity index (χ1) is 9.72. The van der Waals surface area contributed by atoms with Crippen molar-refractivity contribution in [3.8, 4) is 0 Å². The van der Waals surface area contributed by atoms with E-state index < -0.39 is 16.0 Å². The highest BCUT2D eigenvalue weighted by Gasteiger charge is 2.25. The average molecular weight is 387 g/mol. The van der Waals surface area contributed by atoms with Crippen LogP contribution in [-0.2, 0) is 10.0 Å². The number of carbonyl (C=O) groups is 1. The van der Waals surface area contributed by atoms with Crippen molar-refractivity contribution in [3.63, 3.8) is 0 Å². The van der Waals surface area contributed by atoms with E-state index in [0.717, 1.165) is 11.3 Å². The van der Waals surface area contributed by atoms with Gasteiger partial charge in [0.1, 0.15) is 9.77 Å². The fourth-order valence-electron chi connectivity index (χ4n) is 1.54. The lowest BCUT2D eigenvalue weighted by Gasteiger charge is -2.11. The molecule has 112 valence electrons. The fourth-order valence-corrected chi connectivity index (χ4v) is 4.91. The minimum Gasteiger partial charge on any atom is -0.477 e. The van der Waals surface area contributed by atoms with Crippen molar-refractivity contribution in [2.75, 3.05) is 4.72 Å². The van der Waals surface area contributed by atoms with Gasteiger partial charge in [0.05, 0.1) is 15.7 Å². The van der Waals surface area contributed by atoms with Gasteiger partial charge in [0.15, 0.2) is 0 Å². The van der Waals surface area contributed by atoms with Crippen molar-refractivity contribution >= 4 is 67.8 Å². The lowest BCUT2D eigenvalue weighted by Crippen LogP contribution is -2.15. The second-order valence-corrected chi connectivity index (χ2v) is 7.56. The van der Waals surface area contributed by atoms with Gasteiger partial charge in [0, 0.05) is 5.02 Å². The molecule has 0 radical (unpaired) electrons. The highest BCUT2D eigenvalue weighted by Crippen LogP contribution is 2.34. The van der Waals surface area contributed by atoms with Crippen LogP contribution < -0.4 is 4.72 Å². The summed E-state index contributed by atoms with van der Waals surface area (Å²) in [6, 6.07) is 3.80. The lowest BCUT2D eigenvalue weighted by molar-refractivity contribution is 0.0703. The Morgan fingerprint density at radius 3 is 2.29 bits per heavy atom. The number of carboxylic acid groups (broad SMARTS) is 1. The quantitative estimate of drug-likeness (QED) is 0.824. The van der Waals surface area contributed by atoms with E-state index in [0.29, 0.717) is 0 Å². The summed E-state index contributed by atoms with van der Waals surface area (Å²) in [6.45, 7) is 0. The Labute approximate surface area is 139 Å². The van der Waals surface area contributed by atoms with Gasteiger partial charge in [-0.15, -0.1) is 11.3 Å². The first-order valence-electron chi connectivity index (χ1n) is 5.20. The molecule has 10 heteroatoms. The number of aromatic carboxylic acids is 1. The number of benzene rings is 1. The zero-order chi connectivity index (χ0) is 15.8. The highest BCUT2D eigenvalue weighted by molar-refractivity contribution is 7.93. The molecule has 2 rings (SSSR count). The van der Waals surface area contributed by atoms with E-state index in [1.54, 1.807) is 0 Å². The SMILES string of the molecule is O=C(O)c1sccc1NS(=O)(=O)c1c(Cl)cc(Cl)cc1Cl. The number of hydrogen-bond donors (Lipinski definition) is 2. The third-order valence-electron chi connectivity index (χ3n) is 2.34. The number of sulfonamides is 1. The summed E-state index contributed by atoms with van der Waals surface area (Å²) >= 11 is 18.3. The van der Waals surface area contributed by atoms with Crippen LogP contribution >= 0.6 is 46.1 Å². The Balaban J connectivity index is 2.49. The molecule has 0 spiro atoms. The monoisotopic (exact) mass is 385 g/mol. The lowest BCUT2D eigenvalue weighted by atomic mass is 10.4. The number of rotatable bonds is 4. The molecule has 2 N–H and O–H groups in total. The van der Waals surface area contributed by atoms with Crippen molar-refractivity contribution in [3.05, 3.63) is 43.5 Å². The molecule has 5 nitrogen and oxygen atoms in total. The van der Waals surface area contributed by atoms with E-state index in [1.807, 2.05) is 0 Å². The van der Waals surface area contributed by atoms with Crippen LogP contribution in [0.3, 0.4) is 0 Å². The van der Waals surface area contributed by atoms with E-state index in [2.05, 4.69) is 4.72 Å². The summed E-state index contributed by atoms with van der Waals surface area (Å²) in [5.74, 6) is -1.24. The third-order valence-corrected chi connectivity index (χ3v) is 5.74. The maximum Gasteiger partial charge on any atom is 0.348 e. The Morgan fingerprint density at radius 1 is 1.19 bits per heavy atom. The van der Waals surface area contributed by atoms with Gasteiger partial charge in [-0.3, -0.25) is 4.72 Å². The zero-order valence-electron chi connectivity index (χ0n) is 9.93. The predicted octanol–water partition coefficient (Wildman–Crippen LogP) is 4.21. The smallest absolute Gasteiger partial charge is 0.348 e. The Hall–Kier alpha value is -0.990. The first-order valence-corrected chi connectivity index (χ1v) is 8.70. The van der Waals surface area contributed by atoms with Gasteiger partial charge in [-0.2, -0.15) is 0 Å². The molecule has 0 fully saturated rings. The summed E-state index contributed by atoms with van der Waals surface area (Å²) in [5, 5.41) is 10.3. The molecule has 0 aliphatic carbocycles. The molecule has 2 aromatic rings. The normalized spacial score (nSPS) is 11.4. The summed E-state index contributed by atoms with van der Waals surface area (Å²) in [5.41, 5.74) is -0.0606. The van der Waals surface area contributed by atoms with Gasteiger partial charge >= 0.3 is 5.97 Å². The van der Waals surface area contributed by atoms with Gasteiger partial charge in [-0.1, -0.05) is 34.8 Å². The molecule has 0 bridgehead atoms. The summed E-state index contributed by atoms with van der Waals surface area (Å²) in [4.78, 5) is 10.5. The van der Waals surface area contributed by atoms with Crippen molar-refractivity contribution in [2.24, 2.45) is 0 Å². The zero-order valence-corrected chi connectivity index (χ0v) is 13.8. The number of halogens is 3. The van der Waals surface area contributed by atoms with Gasteiger partial charge in [0.25, 0.3) is 10.0 Å². The number of thiophene rings is 1. The highest BCUT2D eigenvalue weighted by atomic mass is 35.5. The van der Waals surface area contributed by atoms with Crippen LogP contribution in [0.5, 0.6) is 0 Å². The molecule has 0 aliphatic heterocycles. The van der Waals surface area contributed by atoms with E-state index in [4.69, 9.17) is 39.9 Å². The molecule has 0 atom stereocenters. The molecule has 0 saturated heterocycles. The van der Waals surface area contributed by atoms with Crippen molar-refractivity contribution < 1.29 is 18.3 Å². The molecule has 0 amide bonds. The van der Waals surface area contributed by atoms with E-state index >= 15 is 0 Å². The average Bonchev–Trinajstić information content (AvgIpc) is 2.73. The van der Waals surface area contributed by atoms with Gasteiger partial charge in [-0.05, 0) is 23.6 Å². The second-order valence-electron chi connectivity index (χ2n) is 3.77. The number of hydrogen-bond acceptors (Lipinski definition) is 4. The van der Waals surface area contributed by atoms with Gasteiger partial charge in [-0.25, -0.2) is 13.2 Å². The topological polar surface area (TPSA) is 83.5 Å². The van der Waals surface area contributed by atoms with Crippen LogP contribution in [0.2, 0.25) is 15.1 Å². The molecule has 1 aromatic heterocycles. The van der Waals surface area contributed by atoms with Gasteiger partial charge in [0.2, 0.25) is 0 Å². The second kappa shape index (κ2) is 6.02. The minimum atomic E-state index is -4.15.